The topological polar surface area (TPSA) is 58.6 Å². The van der Waals surface area contributed by atoms with Crippen molar-refractivity contribution in [2.75, 3.05) is 11.9 Å². The maximum Gasteiger partial charge on any atom is 0.253 e. The number of nitrogens with one attached hydrogen (secondary N) is 1. The number of hydrogen-bond acceptors (Lipinski definition) is 3. The number of aromatic hydroxyl groups is 1. The van der Waals surface area contributed by atoms with Crippen LogP contribution in [0.4, 0.5) is 5.69 Å². The Hall–Kier alpha value is -1.26. The fourth-order valence-electron chi connectivity index (χ4n) is 1.83. The van der Waals surface area contributed by atoms with E-state index in [0.29, 0.717) is 12.3 Å². The maximum absolute atomic E-state index is 11.9. The van der Waals surface area contributed by atoms with E-state index in [1.807, 2.05) is 6.92 Å². The molecule has 2 unspecified atom stereocenters. The second kappa shape index (κ2) is 4.94. The van der Waals surface area contributed by atoms with Gasteiger partial charge in [0, 0.05) is 18.4 Å². The highest BCUT2D eigenvalue weighted by molar-refractivity contribution is 6.32. The number of halogens is 1. The van der Waals surface area contributed by atoms with Crippen LogP contribution in [-0.4, -0.2) is 23.7 Å². The average molecular weight is 256 g/mol. The average Bonchev–Trinajstić information content (AvgIpc) is 2.70. The highest BCUT2D eigenvalue weighted by Crippen LogP contribution is 2.27. The minimum Gasteiger partial charge on any atom is -0.506 e. The molecule has 1 amide bonds. The van der Waals surface area contributed by atoms with Crippen molar-refractivity contribution in [2.24, 2.45) is 5.92 Å². The number of carbonyl (C=O) groups is 1. The van der Waals surface area contributed by atoms with Gasteiger partial charge in [-0.1, -0.05) is 18.5 Å². The Balaban J connectivity index is 2.05. The first-order valence-corrected chi connectivity index (χ1v) is 5.86. The van der Waals surface area contributed by atoms with Crippen molar-refractivity contribution in [3.05, 3.63) is 23.2 Å². The number of anilines is 1. The summed E-state index contributed by atoms with van der Waals surface area (Å²) in [4.78, 5) is 11.9. The predicted molar refractivity (Wildman–Crippen MR) is 65.3 cm³/mol. The van der Waals surface area contributed by atoms with Crippen LogP contribution in [0, 0.1) is 5.92 Å². The van der Waals surface area contributed by atoms with Gasteiger partial charge in [-0.05, 0) is 24.5 Å². The summed E-state index contributed by atoms with van der Waals surface area (Å²) in [6, 6.07) is 4.59. The summed E-state index contributed by atoms with van der Waals surface area (Å²) in [5.74, 6) is -0.0162. The van der Waals surface area contributed by atoms with Gasteiger partial charge in [-0.3, -0.25) is 4.79 Å². The number of amides is 1. The maximum atomic E-state index is 11.9. The van der Waals surface area contributed by atoms with Gasteiger partial charge in [0.1, 0.15) is 11.9 Å². The van der Waals surface area contributed by atoms with E-state index in [2.05, 4.69) is 5.32 Å². The molecule has 1 aromatic carbocycles. The van der Waals surface area contributed by atoms with Crippen LogP contribution >= 0.6 is 11.6 Å². The molecule has 2 atom stereocenters. The van der Waals surface area contributed by atoms with Crippen molar-refractivity contribution in [1.82, 2.24) is 0 Å². The van der Waals surface area contributed by atoms with Gasteiger partial charge in [-0.2, -0.15) is 0 Å². The van der Waals surface area contributed by atoms with Crippen LogP contribution in [-0.2, 0) is 9.53 Å². The van der Waals surface area contributed by atoms with Crippen LogP contribution in [0.3, 0.4) is 0 Å². The fourth-order valence-corrected chi connectivity index (χ4v) is 1.95. The van der Waals surface area contributed by atoms with Gasteiger partial charge >= 0.3 is 0 Å². The predicted octanol–water partition coefficient (Wildman–Crippen LogP) is 2.41. The monoisotopic (exact) mass is 255 g/mol. The van der Waals surface area contributed by atoms with Crippen LogP contribution in [0.1, 0.15) is 13.3 Å². The van der Waals surface area contributed by atoms with Crippen LogP contribution in [0.5, 0.6) is 5.75 Å². The summed E-state index contributed by atoms with van der Waals surface area (Å²) in [6.45, 7) is 2.60. The number of rotatable bonds is 2. The summed E-state index contributed by atoms with van der Waals surface area (Å²) in [5.41, 5.74) is 0.514. The zero-order chi connectivity index (χ0) is 12.4. The second-order valence-electron chi connectivity index (χ2n) is 4.21. The molecule has 0 spiro atoms. The lowest BCUT2D eigenvalue weighted by Gasteiger charge is -2.14. The largest absolute Gasteiger partial charge is 0.506 e. The molecule has 2 N–H and O–H groups in total. The Kier molecular flexibility index (Phi) is 3.54. The van der Waals surface area contributed by atoms with Gasteiger partial charge in [0.25, 0.3) is 5.91 Å². The molecule has 1 heterocycles. The molecular weight excluding hydrogens is 242 g/mol. The molecular formula is C12H14ClNO3. The lowest BCUT2D eigenvalue weighted by atomic mass is 10.0. The van der Waals surface area contributed by atoms with E-state index in [-0.39, 0.29) is 22.6 Å². The fraction of sp³-hybridized carbons (Fsp3) is 0.417. The van der Waals surface area contributed by atoms with Crippen LogP contribution in [0.15, 0.2) is 18.2 Å². The smallest absolute Gasteiger partial charge is 0.253 e. The van der Waals surface area contributed by atoms with Crippen molar-refractivity contribution in [3.8, 4) is 5.75 Å². The minimum atomic E-state index is -0.409. The molecule has 4 nitrogen and oxygen atoms in total. The minimum absolute atomic E-state index is 0.0511. The molecule has 0 radical (unpaired) electrons. The van der Waals surface area contributed by atoms with Crippen LogP contribution in [0.25, 0.3) is 0 Å². The van der Waals surface area contributed by atoms with E-state index in [1.54, 1.807) is 6.07 Å². The molecule has 0 aromatic heterocycles. The van der Waals surface area contributed by atoms with Crippen molar-refractivity contribution in [1.29, 1.82) is 0 Å². The lowest BCUT2D eigenvalue weighted by Crippen LogP contribution is -2.31. The zero-order valence-electron chi connectivity index (χ0n) is 9.44. The van der Waals surface area contributed by atoms with E-state index >= 15 is 0 Å². The van der Waals surface area contributed by atoms with Gasteiger partial charge in [-0.25, -0.2) is 0 Å². The number of phenolic OH excluding ortho intramolecular Hbond substituents is 1. The number of hydrogen-bond donors (Lipinski definition) is 2. The summed E-state index contributed by atoms with van der Waals surface area (Å²) in [7, 11) is 0. The van der Waals surface area contributed by atoms with E-state index in [4.69, 9.17) is 16.3 Å². The van der Waals surface area contributed by atoms with E-state index in [0.717, 1.165) is 6.42 Å². The molecule has 0 saturated carbocycles. The second-order valence-corrected chi connectivity index (χ2v) is 4.62. The lowest BCUT2D eigenvalue weighted by molar-refractivity contribution is -0.126. The van der Waals surface area contributed by atoms with Gasteiger partial charge in [0.05, 0.1) is 5.02 Å². The Morgan fingerprint density at radius 1 is 1.59 bits per heavy atom. The number of ether oxygens (including phenoxy) is 1. The summed E-state index contributed by atoms with van der Waals surface area (Å²) in [6.07, 6.45) is 0.483. The van der Waals surface area contributed by atoms with Crippen molar-refractivity contribution in [3.63, 3.8) is 0 Å². The molecule has 0 aliphatic carbocycles. The summed E-state index contributed by atoms with van der Waals surface area (Å²) >= 11 is 5.68. The Bertz CT molecular complexity index is 436. The molecule has 0 bridgehead atoms. The first kappa shape index (κ1) is 12.2. The molecule has 17 heavy (non-hydrogen) atoms. The van der Waals surface area contributed by atoms with E-state index in [9.17, 15) is 9.90 Å². The third kappa shape index (κ3) is 2.70. The molecule has 5 heteroatoms. The van der Waals surface area contributed by atoms with Crippen LogP contribution < -0.4 is 5.32 Å². The van der Waals surface area contributed by atoms with Gasteiger partial charge in [0.2, 0.25) is 0 Å². The van der Waals surface area contributed by atoms with Crippen molar-refractivity contribution < 1.29 is 14.6 Å². The molecule has 1 aliphatic heterocycles. The first-order valence-electron chi connectivity index (χ1n) is 5.49. The van der Waals surface area contributed by atoms with Gasteiger partial charge < -0.3 is 15.2 Å². The normalized spacial score (nSPS) is 23.6. The standard InChI is InChI=1S/C12H14ClNO3/c1-7-4-5-17-11(7)12(16)14-8-2-3-9(13)10(15)6-8/h2-3,6-7,11,15H,4-5H2,1H3,(H,14,16). The zero-order valence-corrected chi connectivity index (χ0v) is 10.2. The van der Waals surface area contributed by atoms with Gasteiger partial charge in [0.15, 0.2) is 0 Å². The third-order valence-electron chi connectivity index (χ3n) is 2.86. The van der Waals surface area contributed by atoms with E-state index < -0.39 is 6.10 Å². The molecule has 1 saturated heterocycles. The number of benzene rings is 1. The highest BCUT2D eigenvalue weighted by Gasteiger charge is 2.30. The number of phenols is 1. The Morgan fingerprint density at radius 3 is 2.94 bits per heavy atom. The molecule has 1 fully saturated rings. The molecule has 92 valence electrons. The van der Waals surface area contributed by atoms with Crippen LogP contribution in [0.2, 0.25) is 5.02 Å². The summed E-state index contributed by atoms with van der Waals surface area (Å²) < 4.78 is 5.35. The first-order chi connectivity index (χ1) is 8.08. The Morgan fingerprint density at radius 2 is 2.35 bits per heavy atom. The van der Waals surface area contributed by atoms with Crippen molar-refractivity contribution in [2.45, 2.75) is 19.4 Å². The summed E-state index contributed by atoms with van der Waals surface area (Å²) in [5, 5.41) is 12.4. The Labute approximate surface area is 105 Å². The SMILES string of the molecule is CC1CCOC1C(=O)Nc1ccc(Cl)c(O)c1. The van der Waals surface area contributed by atoms with Crippen molar-refractivity contribution >= 4 is 23.2 Å². The third-order valence-corrected chi connectivity index (χ3v) is 3.18. The molecule has 1 aliphatic rings. The number of carbonyl (C=O) groups excluding carboxylic acids is 1. The quantitative estimate of drug-likeness (QED) is 0.853. The van der Waals surface area contributed by atoms with E-state index in [1.165, 1.54) is 12.1 Å². The molecule has 1 aromatic rings. The molecule has 2 rings (SSSR count). The highest BCUT2D eigenvalue weighted by atomic mass is 35.5. The van der Waals surface area contributed by atoms with Gasteiger partial charge in [-0.15, -0.1) is 0 Å².